The third-order valence-electron chi connectivity index (χ3n) is 5.31. The van der Waals surface area contributed by atoms with Crippen molar-refractivity contribution in [3.05, 3.63) is 46.8 Å². The number of hydrogen-bond acceptors (Lipinski definition) is 4. The summed E-state index contributed by atoms with van der Waals surface area (Å²) in [6.07, 6.45) is 2.61. The van der Waals surface area contributed by atoms with Gasteiger partial charge in [-0.25, -0.2) is 0 Å². The summed E-state index contributed by atoms with van der Waals surface area (Å²) in [5.74, 6) is 0.281. The zero-order valence-electron chi connectivity index (χ0n) is 16.1. The molecule has 0 saturated heterocycles. The van der Waals surface area contributed by atoms with E-state index in [0.29, 0.717) is 6.42 Å². The summed E-state index contributed by atoms with van der Waals surface area (Å²) < 4.78 is 8.27. The number of nitrogens with zero attached hydrogens (tertiary/aromatic N) is 3. The van der Waals surface area contributed by atoms with Crippen LogP contribution < -0.4 is 4.74 Å². The summed E-state index contributed by atoms with van der Waals surface area (Å²) in [7, 11) is 0. The molecule has 0 fully saturated rings. The Bertz CT molecular complexity index is 856. The zero-order chi connectivity index (χ0) is 19.0. The lowest BCUT2D eigenvalue weighted by Crippen LogP contribution is -2.26. The Morgan fingerprint density at radius 3 is 3.00 bits per heavy atom. The van der Waals surface area contributed by atoms with Gasteiger partial charge in [-0.05, 0) is 31.9 Å². The van der Waals surface area contributed by atoms with Crippen LogP contribution in [0.25, 0.3) is 0 Å². The first-order chi connectivity index (χ1) is 12.9. The van der Waals surface area contributed by atoms with Gasteiger partial charge in [0.05, 0.1) is 17.8 Å². The zero-order valence-corrected chi connectivity index (χ0v) is 16.1. The minimum Gasteiger partial charge on any atom is -0.487 e. The first-order valence-corrected chi connectivity index (χ1v) is 9.69. The molecule has 0 aliphatic carbocycles. The number of aliphatic carboxylic acids is 1. The number of fused-ring (bicyclic) bond motifs is 2. The van der Waals surface area contributed by atoms with Crippen LogP contribution in [0, 0.1) is 0 Å². The monoisotopic (exact) mass is 369 g/mol. The molecule has 0 radical (unpaired) electrons. The smallest absolute Gasteiger partial charge is 0.303 e. The van der Waals surface area contributed by atoms with Crippen molar-refractivity contribution in [2.75, 3.05) is 6.54 Å². The summed E-state index contributed by atoms with van der Waals surface area (Å²) in [6, 6.07) is 8.53. The highest BCUT2D eigenvalue weighted by atomic mass is 16.5. The number of hydrogen-bond donors (Lipinski definition) is 1. The molecule has 6 heteroatoms. The molecular weight excluding hydrogens is 342 g/mol. The number of para-hydroxylation sites is 1. The van der Waals surface area contributed by atoms with E-state index in [2.05, 4.69) is 48.1 Å². The van der Waals surface area contributed by atoms with Crippen molar-refractivity contribution in [3.8, 4) is 5.75 Å². The van der Waals surface area contributed by atoms with Crippen LogP contribution >= 0.6 is 0 Å². The molecule has 0 atom stereocenters. The largest absolute Gasteiger partial charge is 0.487 e. The third-order valence-corrected chi connectivity index (χ3v) is 5.31. The Kier molecular flexibility index (Phi) is 4.68. The molecule has 144 valence electrons. The lowest BCUT2D eigenvalue weighted by atomic mass is 10.0. The molecule has 0 unspecified atom stereocenters. The van der Waals surface area contributed by atoms with Gasteiger partial charge >= 0.3 is 5.97 Å². The standard InChI is InChI=1S/C21H27N3O3/c1-21(2)12-15-5-3-6-16(20(15)27-21)13-23-9-4-10-24-18(14-23)11-17(22-24)7-8-19(25)26/h3,5-6,11H,4,7-10,12-14H2,1-2H3,(H,25,26). The second-order valence-corrected chi connectivity index (χ2v) is 8.25. The number of rotatable bonds is 5. The Hall–Kier alpha value is -2.34. The number of aryl methyl sites for hydroxylation is 2. The van der Waals surface area contributed by atoms with Crippen molar-refractivity contribution in [1.82, 2.24) is 14.7 Å². The average molecular weight is 369 g/mol. The summed E-state index contributed by atoms with van der Waals surface area (Å²) in [6.45, 7) is 7.86. The molecule has 0 bridgehead atoms. The van der Waals surface area contributed by atoms with E-state index in [1.165, 1.54) is 16.8 Å². The number of ether oxygens (including phenoxy) is 1. The van der Waals surface area contributed by atoms with Gasteiger partial charge in [-0.3, -0.25) is 14.4 Å². The Balaban J connectivity index is 1.49. The topological polar surface area (TPSA) is 67.6 Å². The molecule has 1 aromatic carbocycles. The first-order valence-electron chi connectivity index (χ1n) is 9.69. The fourth-order valence-corrected chi connectivity index (χ4v) is 4.12. The van der Waals surface area contributed by atoms with Crippen molar-refractivity contribution >= 4 is 5.97 Å². The van der Waals surface area contributed by atoms with Crippen molar-refractivity contribution in [1.29, 1.82) is 0 Å². The van der Waals surface area contributed by atoms with Crippen LogP contribution in [0.3, 0.4) is 0 Å². The van der Waals surface area contributed by atoms with Crippen molar-refractivity contribution in [2.24, 2.45) is 0 Å². The molecule has 4 rings (SSSR count). The molecule has 2 aromatic rings. The van der Waals surface area contributed by atoms with Gasteiger partial charge in [0.2, 0.25) is 0 Å². The van der Waals surface area contributed by atoms with Gasteiger partial charge in [0, 0.05) is 44.6 Å². The highest BCUT2D eigenvalue weighted by molar-refractivity contribution is 5.66. The van der Waals surface area contributed by atoms with E-state index in [4.69, 9.17) is 9.84 Å². The van der Waals surface area contributed by atoms with Crippen LogP contribution in [0.2, 0.25) is 0 Å². The maximum absolute atomic E-state index is 10.8. The van der Waals surface area contributed by atoms with Gasteiger partial charge in [0.25, 0.3) is 0 Å². The molecule has 0 amide bonds. The molecule has 2 aliphatic heterocycles. The molecule has 27 heavy (non-hydrogen) atoms. The summed E-state index contributed by atoms with van der Waals surface area (Å²) in [4.78, 5) is 13.2. The Morgan fingerprint density at radius 2 is 2.19 bits per heavy atom. The van der Waals surface area contributed by atoms with Crippen LogP contribution in [-0.4, -0.2) is 37.9 Å². The van der Waals surface area contributed by atoms with E-state index in [1.807, 2.05) is 4.68 Å². The molecular formula is C21H27N3O3. The summed E-state index contributed by atoms with van der Waals surface area (Å²) in [5.41, 5.74) is 4.46. The van der Waals surface area contributed by atoms with E-state index >= 15 is 0 Å². The van der Waals surface area contributed by atoms with E-state index in [-0.39, 0.29) is 12.0 Å². The van der Waals surface area contributed by atoms with E-state index in [0.717, 1.165) is 50.5 Å². The van der Waals surface area contributed by atoms with Crippen LogP contribution in [0.1, 0.15) is 49.2 Å². The van der Waals surface area contributed by atoms with Gasteiger partial charge in [-0.15, -0.1) is 0 Å². The Labute approximate surface area is 159 Å². The first kappa shape index (κ1) is 18.0. The van der Waals surface area contributed by atoms with Gasteiger partial charge in [0.15, 0.2) is 0 Å². The van der Waals surface area contributed by atoms with Crippen molar-refractivity contribution in [3.63, 3.8) is 0 Å². The molecule has 2 aliphatic rings. The molecule has 0 saturated carbocycles. The second kappa shape index (κ2) is 7.00. The maximum Gasteiger partial charge on any atom is 0.303 e. The maximum atomic E-state index is 10.8. The van der Waals surface area contributed by atoms with Crippen molar-refractivity contribution in [2.45, 2.75) is 64.8 Å². The van der Waals surface area contributed by atoms with E-state index in [9.17, 15) is 4.79 Å². The summed E-state index contributed by atoms with van der Waals surface area (Å²) >= 11 is 0. The molecule has 6 nitrogen and oxygen atoms in total. The fraction of sp³-hybridized carbons (Fsp3) is 0.524. The van der Waals surface area contributed by atoms with Crippen LogP contribution in [0.5, 0.6) is 5.75 Å². The fourth-order valence-electron chi connectivity index (χ4n) is 4.12. The van der Waals surface area contributed by atoms with E-state index < -0.39 is 5.97 Å². The van der Waals surface area contributed by atoms with Crippen molar-refractivity contribution < 1.29 is 14.6 Å². The predicted octanol–water partition coefficient (Wildman–Crippen LogP) is 3.02. The van der Waals surface area contributed by atoms with Crippen LogP contribution in [-0.2, 0) is 37.3 Å². The number of carboxylic acids is 1. The minimum atomic E-state index is -0.777. The number of aromatic nitrogens is 2. The lowest BCUT2D eigenvalue weighted by molar-refractivity contribution is -0.136. The Morgan fingerprint density at radius 1 is 1.33 bits per heavy atom. The van der Waals surface area contributed by atoms with Crippen LogP contribution in [0.15, 0.2) is 24.3 Å². The van der Waals surface area contributed by atoms with Gasteiger partial charge in [-0.2, -0.15) is 5.10 Å². The average Bonchev–Trinajstić information content (AvgIpc) is 3.06. The second-order valence-electron chi connectivity index (χ2n) is 8.25. The molecule has 1 N–H and O–H groups in total. The molecule has 0 spiro atoms. The number of carboxylic acid groups (broad SMARTS) is 1. The quantitative estimate of drug-likeness (QED) is 0.877. The lowest BCUT2D eigenvalue weighted by Gasteiger charge is -2.22. The van der Waals surface area contributed by atoms with E-state index in [1.54, 1.807) is 0 Å². The van der Waals surface area contributed by atoms with Gasteiger partial charge < -0.3 is 9.84 Å². The van der Waals surface area contributed by atoms with Gasteiger partial charge in [0.1, 0.15) is 11.4 Å². The number of benzene rings is 1. The SMILES string of the molecule is CC1(C)Cc2cccc(CN3CCCn4nc(CCC(=O)O)cc4C3)c2O1. The molecule has 3 heterocycles. The van der Waals surface area contributed by atoms with Crippen LogP contribution in [0.4, 0.5) is 0 Å². The minimum absolute atomic E-state index is 0.128. The normalized spacial score (nSPS) is 18.4. The highest BCUT2D eigenvalue weighted by Gasteiger charge is 2.32. The summed E-state index contributed by atoms with van der Waals surface area (Å²) in [5, 5.41) is 13.5. The van der Waals surface area contributed by atoms with Gasteiger partial charge in [-0.1, -0.05) is 18.2 Å². The highest BCUT2D eigenvalue weighted by Crippen LogP contribution is 2.38. The third kappa shape index (κ3) is 4.00. The molecule has 1 aromatic heterocycles. The number of carbonyl (C=O) groups is 1. The predicted molar refractivity (Wildman–Crippen MR) is 102 cm³/mol.